The van der Waals surface area contributed by atoms with E-state index in [2.05, 4.69) is 21.7 Å². The number of imidazole rings is 1. The second-order valence-corrected chi connectivity index (χ2v) is 7.97. The Morgan fingerprint density at radius 2 is 2.00 bits per heavy atom. The first kappa shape index (κ1) is 24.6. The van der Waals surface area contributed by atoms with Gasteiger partial charge in [0.05, 0.1) is 29.1 Å². The summed E-state index contributed by atoms with van der Waals surface area (Å²) >= 11 is 0. The lowest BCUT2D eigenvalue weighted by Crippen LogP contribution is -2.38. The van der Waals surface area contributed by atoms with Crippen molar-refractivity contribution in [3.05, 3.63) is 77.2 Å². The van der Waals surface area contributed by atoms with E-state index in [4.69, 9.17) is 0 Å². The number of alkyl halides is 3. The summed E-state index contributed by atoms with van der Waals surface area (Å²) in [6.07, 6.45) is 1.73. The molecule has 0 unspecified atom stereocenters. The van der Waals surface area contributed by atoms with Gasteiger partial charge in [0.25, 0.3) is 0 Å². The third kappa shape index (κ3) is 4.83. The van der Waals surface area contributed by atoms with Crippen molar-refractivity contribution >= 4 is 23.2 Å². The standard InChI is InChI=1S/C24H22F3N7O2/c1-4-28-12-19-17(11-31-32(19)3)16-8-9-20(29-10-16)34-22-15(2)6-5-7-18(22)33(23(34)36)13-21(35)30-14-24(25,26)27/h4-12H,1,13-14H2,2-3H3,(H,30,35). The number of para-hydroxylation sites is 1. The number of pyridine rings is 1. The Labute approximate surface area is 203 Å². The smallest absolute Gasteiger partial charge is 0.345 e. The molecule has 12 heteroatoms. The molecule has 0 radical (unpaired) electrons. The fourth-order valence-electron chi connectivity index (χ4n) is 3.86. The number of aromatic nitrogens is 5. The minimum Gasteiger partial charge on any atom is -0.345 e. The number of benzene rings is 1. The lowest BCUT2D eigenvalue weighted by molar-refractivity contribution is -0.138. The van der Waals surface area contributed by atoms with Crippen LogP contribution in [0.5, 0.6) is 0 Å². The molecule has 3 aromatic heterocycles. The Kier molecular flexibility index (Phi) is 6.60. The van der Waals surface area contributed by atoms with Gasteiger partial charge in [-0.25, -0.2) is 14.3 Å². The number of hydrogen-bond donors (Lipinski definition) is 1. The molecule has 3 heterocycles. The summed E-state index contributed by atoms with van der Waals surface area (Å²) in [5, 5.41) is 6.05. The van der Waals surface area contributed by atoms with Gasteiger partial charge in [-0.15, -0.1) is 0 Å². The lowest BCUT2D eigenvalue weighted by Gasteiger charge is -2.08. The van der Waals surface area contributed by atoms with Gasteiger partial charge >= 0.3 is 11.9 Å². The van der Waals surface area contributed by atoms with Crippen molar-refractivity contribution in [2.45, 2.75) is 19.6 Å². The van der Waals surface area contributed by atoms with Gasteiger partial charge in [-0.05, 0) is 30.7 Å². The van der Waals surface area contributed by atoms with Crippen molar-refractivity contribution < 1.29 is 18.0 Å². The second kappa shape index (κ2) is 9.64. The highest BCUT2D eigenvalue weighted by Gasteiger charge is 2.28. The molecule has 0 spiro atoms. The van der Waals surface area contributed by atoms with E-state index in [1.807, 2.05) is 0 Å². The van der Waals surface area contributed by atoms with Crippen LogP contribution in [0.2, 0.25) is 0 Å². The number of halogens is 3. The topological polar surface area (TPSA) is 99.1 Å². The number of hydrogen-bond acceptors (Lipinski definition) is 5. The first-order valence-electron chi connectivity index (χ1n) is 10.8. The van der Waals surface area contributed by atoms with Crippen LogP contribution in [0.4, 0.5) is 13.2 Å². The Balaban J connectivity index is 1.75. The number of nitrogens with zero attached hydrogens (tertiary/aromatic N) is 6. The Morgan fingerprint density at radius 3 is 2.67 bits per heavy atom. The van der Waals surface area contributed by atoms with Crippen LogP contribution in [0, 0.1) is 6.92 Å². The molecular formula is C24H22F3N7O2. The molecule has 0 saturated heterocycles. The number of fused-ring (bicyclic) bond motifs is 1. The highest BCUT2D eigenvalue weighted by molar-refractivity contribution is 5.88. The number of aliphatic imine (C=N–C) groups is 1. The quantitative estimate of drug-likeness (QED) is 0.397. The van der Waals surface area contributed by atoms with E-state index in [0.717, 1.165) is 27.0 Å². The molecule has 186 valence electrons. The molecular weight excluding hydrogens is 475 g/mol. The fourth-order valence-corrected chi connectivity index (χ4v) is 3.86. The molecule has 9 nitrogen and oxygen atoms in total. The van der Waals surface area contributed by atoms with Gasteiger partial charge in [-0.2, -0.15) is 18.3 Å². The van der Waals surface area contributed by atoms with Crippen molar-refractivity contribution in [1.82, 2.24) is 29.2 Å². The third-order valence-corrected chi connectivity index (χ3v) is 5.52. The van der Waals surface area contributed by atoms with Crippen molar-refractivity contribution in [2.75, 3.05) is 6.54 Å². The molecule has 4 rings (SSSR count). The van der Waals surface area contributed by atoms with Gasteiger partial charge < -0.3 is 5.32 Å². The number of aryl methyl sites for hydroxylation is 2. The zero-order chi connectivity index (χ0) is 26.0. The molecule has 0 saturated carbocycles. The van der Waals surface area contributed by atoms with Crippen LogP contribution >= 0.6 is 0 Å². The van der Waals surface area contributed by atoms with E-state index in [-0.39, 0.29) is 0 Å². The Bertz CT molecular complexity index is 1530. The van der Waals surface area contributed by atoms with E-state index >= 15 is 0 Å². The maximum atomic E-state index is 13.4. The van der Waals surface area contributed by atoms with Crippen LogP contribution in [0.1, 0.15) is 11.3 Å². The maximum absolute atomic E-state index is 13.4. The van der Waals surface area contributed by atoms with E-state index < -0.39 is 30.9 Å². The normalized spacial score (nSPS) is 11.9. The van der Waals surface area contributed by atoms with Gasteiger partial charge in [0.2, 0.25) is 5.91 Å². The molecule has 0 aliphatic heterocycles. The third-order valence-electron chi connectivity index (χ3n) is 5.52. The zero-order valence-corrected chi connectivity index (χ0v) is 19.5. The summed E-state index contributed by atoms with van der Waals surface area (Å²) in [6, 6.07) is 8.55. The first-order valence-corrected chi connectivity index (χ1v) is 10.8. The van der Waals surface area contributed by atoms with E-state index in [9.17, 15) is 22.8 Å². The molecule has 4 aromatic rings. The SMILES string of the molecule is C=CN=Cc1c(-c2ccc(-n3c(=O)n(CC(=O)NCC(F)(F)F)c4cccc(C)c43)nc2)cnn1C. The molecule has 1 aromatic carbocycles. The van der Waals surface area contributed by atoms with Crippen LogP contribution in [-0.4, -0.2) is 48.7 Å². The molecule has 0 aliphatic carbocycles. The zero-order valence-electron chi connectivity index (χ0n) is 19.5. The molecule has 0 bridgehead atoms. The van der Waals surface area contributed by atoms with Crippen molar-refractivity contribution in [1.29, 1.82) is 0 Å². The maximum Gasteiger partial charge on any atom is 0.405 e. The predicted octanol–water partition coefficient (Wildman–Crippen LogP) is 3.14. The minimum absolute atomic E-state index is 0.294. The van der Waals surface area contributed by atoms with Crippen LogP contribution in [0.15, 0.2) is 65.3 Å². The Hall–Kier alpha value is -4.48. The molecule has 1 amide bonds. The van der Waals surface area contributed by atoms with E-state index in [0.29, 0.717) is 16.9 Å². The Morgan fingerprint density at radius 1 is 1.22 bits per heavy atom. The van der Waals surface area contributed by atoms with Crippen LogP contribution in [0.3, 0.4) is 0 Å². The summed E-state index contributed by atoms with van der Waals surface area (Å²) in [5.74, 6) is -0.633. The average molecular weight is 497 g/mol. The number of nitrogens with one attached hydrogen (secondary N) is 1. The molecule has 0 atom stereocenters. The highest BCUT2D eigenvalue weighted by Crippen LogP contribution is 2.24. The van der Waals surface area contributed by atoms with E-state index in [1.165, 1.54) is 10.8 Å². The van der Waals surface area contributed by atoms with Gasteiger partial charge in [0.1, 0.15) is 18.9 Å². The summed E-state index contributed by atoms with van der Waals surface area (Å²) in [6.45, 7) is 3.32. The summed E-state index contributed by atoms with van der Waals surface area (Å²) in [5.41, 5.74) is 3.29. The first-order chi connectivity index (χ1) is 17.1. The van der Waals surface area contributed by atoms with Gasteiger partial charge in [-0.1, -0.05) is 18.7 Å². The van der Waals surface area contributed by atoms with Crippen LogP contribution in [-0.2, 0) is 18.4 Å². The molecule has 0 aliphatic rings. The summed E-state index contributed by atoms with van der Waals surface area (Å²) in [7, 11) is 1.78. The average Bonchev–Trinajstić information content (AvgIpc) is 3.34. The van der Waals surface area contributed by atoms with Gasteiger partial charge in [0.15, 0.2) is 0 Å². The van der Waals surface area contributed by atoms with Crippen LogP contribution < -0.4 is 11.0 Å². The fraction of sp³-hybridized carbons (Fsp3) is 0.208. The van der Waals surface area contributed by atoms with Crippen LogP contribution in [0.25, 0.3) is 28.0 Å². The van der Waals surface area contributed by atoms with Crippen molar-refractivity contribution in [3.63, 3.8) is 0 Å². The molecule has 0 fully saturated rings. The highest BCUT2D eigenvalue weighted by atomic mass is 19.4. The van der Waals surface area contributed by atoms with Crippen molar-refractivity contribution in [3.8, 4) is 16.9 Å². The number of amides is 1. The monoisotopic (exact) mass is 497 g/mol. The summed E-state index contributed by atoms with van der Waals surface area (Å²) in [4.78, 5) is 34.0. The minimum atomic E-state index is -4.55. The second-order valence-electron chi connectivity index (χ2n) is 7.97. The van der Waals surface area contributed by atoms with Gasteiger partial charge in [0, 0.05) is 30.6 Å². The van der Waals surface area contributed by atoms with E-state index in [1.54, 1.807) is 72.9 Å². The molecule has 1 N–H and O–H groups in total. The van der Waals surface area contributed by atoms with Gasteiger partial charge in [-0.3, -0.25) is 19.0 Å². The lowest BCUT2D eigenvalue weighted by atomic mass is 10.1. The number of rotatable bonds is 7. The number of carbonyl (C=O) groups is 1. The molecule has 36 heavy (non-hydrogen) atoms. The van der Waals surface area contributed by atoms with Crippen molar-refractivity contribution in [2.24, 2.45) is 12.0 Å². The number of carbonyl (C=O) groups excluding carboxylic acids is 1. The largest absolute Gasteiger partial charge is 0.405 e. The predicted molar refractivity (Wildman–Crippen MR) is 129 cm³/mol. The summed E-state index contributed by atoms with van der Waals surface area (Å²) < 4.78 is 41.6.